The van der Waals surface area contributed by atoms with E-state index in [1.54, 1.807) is 7.11 Å². The summed E-state index contributed by atoms with van der Waals surface area (Å²) in [6, 6.07) is 18.5. The fraction of sp³-hybridized carbons (Fsp3) is 0.409. The summed E-state index contributed by atoms with van der Waals surface area (Å²) in [5.74, 6) is 2.18. The number of methoxy groups -OCH3 is 1. The van der Waals surface area contributed by atoms with Crippen LogP contribution in [0.2, 0.25) is 0 Å². The zero-order valence-electron chi connectivity index (χ0n) is 14.9. The van der Waals surface area contributed by atoms with Gasteiger partial charge in [-0.05, 0) is 60.8 Å². The van der Waals surface area contributed by atoms with Crippen LogP contribution in [0.4, 0.5) is 0 Å². The molecule has 2 aromatic rings. The van der Waals surface area contributed by atoms with Gasteiger partial charge in [-0.2, -0.15) is 0 Å². The summed E-state index contributed by atoms with van der Waals surface area (Å²) in [4.78, 5) is 12.2. The topological polar surface area (TPSA) is 38.3 Å². The molecule has 0 heterocycles. The van der Waals surface area contributed by atoms with Crippen LogP contribution in [0.1, 0.15) is 42.7 Å². The second-order valence-electron chi connectivity index (χ2n) is 6.96. The van der Waals surface area contributed by atoms with E-state index in [1.807, 2.05) is 24.3 Å². The van der Waals surface area contributed by atoms with Crippen molar-refractivity contribution in [3.05, 3.63) is 65.7 Å². The Balaban J connectivity index is 1.41. The maximum absolute atomic E-state index is 12.2. The average Bonchev–Trinajstić information content (AvgIpc) is 2.67. The van der Waals surface area contributed by atoms with Gasteiger partial charge in [0.05, 0.1) is 13.5 Å². The number of hydrogen-bond donors (Lipinski definition) is 1. The smallest absolute Gasteiger partial charge is 0.224 e. The van der Waals surface area contributed by atoms with Crippen LogP contribution in [-0.4, -0.2) is 19.6 Å². The Bertz CT molecular complexity index is 675. The van der Waals surface area contributed by atoms with E-state index in [4.69, 9.17) is 4.74 Å². The first-order chi connectivity index (χ1) is 12.2. The van der Waals surface area contributed by atoms with Crippen molar-refractivity contribution in [2.45, 2.75) is 38.0 Å². The van der Waals surface area contributed by atoms with E-state index in [1.165, 1.54) is 31.2 Å². The van der Waals surface area contributed by atoms with Crippen molar-refractivity contribution in [3.8, 4) is 5.75 Å². The van der Waals surface area contributed by atoms with E-state index < -0.39 is 0 Å². The normalized spacial score (nSPS) is 20.0. The molecule has 132 valence electrons. The van der Waals surface area contributed by atoms with Crippen molar-refractivity contribution < 1.29 is 9.53 Å². The molecule has 1 fully saturated rings. The van der Waals surface area contributed by atoms with Crippen LogP contribution in [0.5, 0.6) is 5.75 Å². The highest BCUT2D eigenvalue weighted by atomic mass is 16.5. The quantitative estimate of drug-likeness (QED) is 0.852. The molecule has 3 nitrogen and oxygen atoms in total. The molecule has 0 atom stereocenters. The summed E-state index contributed by atoms with van der Waals surface area (Å²) in [7, 11) is 1.64. The molecule has 1 aliphatic rings. The van der Waals surface area contributed by atoms with E-state index in [0.717, 1.165) is 17.9 Å². The highest BCUT2D eigenvalue weighted by Gasteiger charge is 2.22. The van der Waals surface area contributed by atoms with E-state index >= 15 is 0 Å². The van der Waals surface area contributed by atoms with Gasteiger partial charge in [-0.1, -0.05) is 42.5 Å². The molecule has 0 saturated heterocycles. The molecule has 1 saturated carbocycles. The summed E-state index contributed by atoms with van der Waals surface area (Å²) >= 11 is 0. The largest absolute Gasteiger partial charge is 0.497 e. The number of nitrogens with one attached hydrogen (secondary N) is 1. The molecular formula is C22H27NO2. The van der Waals surface area contributed by atoms with Crippen molar-refractivity contribution in [2.75, 3.05) is 13.7 Å². The molecule has 0 radical (unpaired) electrons. The molecule has 3 rings (SSSR count). The maximum atomic E-state index is 12.2. The number of rotatable bonds is 6. The second kappa shape index (κ2) is 8.70. The van der Waals surface area contributed by atoms with E-state index in [0.29, 0.717) is 18.3 Å². The van der Waals surface area contributed by atoms with Crippen molar-refractivity contribution in [3.63, 3.8) is 0 Å². The van der Waals surface area contributed by atoms with Gasteiger partial charge in [-0.15, -0.1) is 0 Å². The first-order valence-electron chi connectivity index (χ1n) is 9.19. The summed E-state index contributed by atoms with van der Waals surface area (Å²) in [5, 5.41) is 3.11. The molecule has 1 aliphatic carbocycles. The van der Waals surface area contributed by atoms with E-state index in [-0.39, 0.29) is 5.91 Å². The SMILES string of the molecule is COc1cccc(CC(=O)NCC2CCC(c3ccccc3)CC2)c1. The van der Waals surface area contributed by atoms with Gasteiger partial charge < -0.3 is 10.1 Å². The molecule has 0 spiro atoms. The molecule has 0 aliphatic heterocycles. The molecule has 0 unspecified atom stereocenters. The van der Waals surface area contributed by atoms with Crippen LogP contribution < -0.4 is 10.1 Å². The fourth-order valence-corrected chi connectivity index (χ4v) is 3.71. The van der Waals surface area contributed by atoms with Crippen LogP contribution in [0, 0.1) is 5.92 Å². The predicted molar refractivity (Wildman–Crippen MR) is 101 cm³/mol. The third-order valence-corrected chi connectivity index (χ3v) is 5.20. The average molecular weight is 337 g/mol. The molecule has 3 heteroatoms. The van der Waals surface area contributed by atoms with Gasteiger partial charge in [0, 0.05) is 6.54 Å². The molecule has 1 amide bonds. The fourth-order valence-electron chi connectivity index (χ4n) is 3.71. The standard InChI is InChI=1S/C22H27NO2/c1-25-21-9-5-6-18(14-21)15-22(24)23-16-17-10-12-20(13-11-17)19-7-3-2-4-8-19/h2-9,14,17,20H,10-13,15-16H2,1H3,(H,23,24). The van der Waals surface area contributed by atoms with Gasteiger partial charge in [0.25, 0.3) is 0 Å². The predicted octanol–water partition coefficient (Wildman–Crippen LogP) is 4.33. The van der Waals surface area contributed by atoms with Crippen LogP contribution in [0.15, 0.2) is 54.6 Å². The third kappa shape index (κ3) is 5.09. The minimum Gasteiger partial charge on any atom is -0.497 e. The van der Waals surface area contributed by atoms with Crippen LogP contribution in [0.3, 0.4) is 0 Å². The highest BCUT2D eigenvalue weighted by Crippen LogP contribution is 2.35. The summed E-state index contributed by atoms with van der Waals surface area (Å²) in [5.41, 5.74) is 2.45. The van der Waals surface area contributed by atoms with Crippen molar-refractivity contribution >= 4 is 5.91 Å². The molecule has 0 bridgehead atoms. The Labute approximate surface area is 150 Å². The minimum absolute atomic E-state index is 0.0958. The van der Waals surface area contributed by atoms with Crippen molar-refractivity contribution in [1.82, 2.24) is 5.32 Å². The van der Waals surface area contributed by atoms with Crippen LogP contribution >= 0.6 is 0 Å². The lowest BCUT2D eigenvalue weighted by Gasteiger charge is -2.29. The lowest BCUT2D eigenvalue weighted by molar-refractivity contribution is -0.120. The first-order valence-corrected chi connectivity index (χ1v) is 9.19. The summed E-state index contributed by atoms with van der Waals surface area (Å²) in [6.07, 6.45) is 5.25. The Morgan fingerprint density at radius 3 is 2.52 bits per heavy atom. The Hall–Kier alpha value is -2.29. The number of ether oxygens (including phenoxy) is 1. The zero-order valence-corrected chi connectivity index (χ0v) is 14.9. The number of amides is 1. The van der Waals surface area contributed by atoms with Crippen molar-refractivity contribution in [2.24, 2.45) is 5.92 Å². The lowest BCUT2D eigenvalue weighted by atomic mass is 9.79. The Morgan fingerprint density at radius 1 is 1.04 bits per heavy atom. The number of hydrogen-bond acceptors (Lipinski definition) is 2. The summed E-state index contributed by atoms with van der Waals surface area (Å²) in [6.45, 7) is 0.796. The van der Waals surface area contributed by atoms with E-state index in [2.05, 4.69) is 35.6 Å². The molecule has 2 aromatic carbocycles. The highest BCUT2D eigenvalue weighted by molar-refractivity contribution is 5.78. The Morgan fingerprint density at radius 2 is 1.80 bits per heavy atom. The lowest BCUT2D eigenvalue weighted by Crippen LogP contribution is -2.32. The Kier molecular flexibility index (Phi) is 6.10. The number of benzene rings is 2. The monoisotopic (exact) mass is 337 g/mol. The van der Waals surface area contributed by atoms with Gasteiger partial charge in [0.15, 0.2) is 0 Å². The second-order valence-corrected chi connectivity index (χ2v) is 6.96. The zero-order chi connectivity index (χ0) is 17.5. The van der Waals surface area contributed by atoms with Gasteiger partial charge >= 0.3 is 0 Å². The van der Waals surface area contributed by atoms with Crippen LogP contribution in [0.25, 0.3) is 0 Å². The van der Waals surface area contributed by atoms with Crippen molar-refractivity contribution in [1.29, 1.82) is 0 Å². The van der Waals surface area contributed by atoms with Gasteiger partial charge in [0.2, 0.25) is 5.91 Å². The van der Waals surface area contributed by atoms with E-state index in [9.17, 15) is 4.79 Å². The molecule has 1 N–H and O–H groups in total. The number of carbonyl (C=O) groups excluding carboxylic acids is 1. The van der Waals surface area contributed by atoms with Gasteiger partial charge in [-0.3, -0.25) is 4.79 Å². The van der Waals surface area contributed by atoms with Crippen LogP contribution in [-0.2, 0) is 11.2 Å². The molecule has 0 aromatic heterocycles. The molecular weight excluding hydrogens is 310 g/mol. The number of carbonyl (C=O) groups is 1. The minimum atomic E-state index is 0.0958. The maximum Gasteiger partial charge on any atom is 0.224 e. The molecule has 25 heavy (non-hydrogen) atoms. The third-order valence-electron chi connectivity index (χ3n) is 5.20. The van der Waals surface area contributed by atoms with Gasteiger partial charge in [0.1, 0.15) is 5.75 Å². The van der Waals surface area contributed by atoms with Gasteiger partial charge in [-0.25, -0.2) is 0 Å². The first kappa shape index (κ1) is 17.5. The summed E-state index contributed by atoms with van der Waals surface area (Å²) < 4.78 is 5.21.